The van der Waals surface area contributed by atoms with Gasteiger partial charge in [0, 0.05) is 18.5 Å². The first-order valence-electron chi connectivity index (χ1n) is 11.3. The highest BCUT2D eigenvalue weighted by Crippen LogP contribution is 2.40. The van der Waals surface area contributed by atoms with E-state index in [0.717, 1.165) is 22.5 Å². The molecule has 0 saturated heterocycles. The van der Waals surface area contributed by atoms with Gasteiger partial charge in [-0.25, -0.2) is 14.3 Å². The Morgan fingerprint density at radius 3 is 2.51 bits per heavy atom. The van der Waals surface area contributed by atoms with Gasteiger partial charge in [0.25, 0.3) is 0 Å². The fourth-order valence-electron chi connectivity index (χ4n) is 4.26. The van der Waals surface area contributed by atoms with Gasteiger partial charge in [0.2, 0.25) is 4.34 Å². The third-order valence-corrected chi connectivity index (χ3v) is 10.00. The second kappa shape index (κ2) is 9.61. The summed E-state index contributed by atoms with van der Waals surface area (Å²) < 4.78 is 18.0. The summed E-state index contributed by atoms with van der Waals surface area (Å²) in [4.78, 5) is 4.80. The van der Waals surface area contributed by atoms with Crippen LogP contribution in [0, 0.1) is 0 Å². The Morgan fingerprint density at radius 2 is 1.91 bits per heavy atom. The van der Waals surface area contributed by atoms with Crippen molar-refractivity contribution in [2.45, 2.75) is 62.8 Å². The van der Waals surface area contributed by atoms with Crippen LogP contribution in [-0.2, 0) is 21.9 Å². The van der Waals surface area contributed by atoms with Crippen molar-refractivity contribution in [2.75, 3.05) is 0 Å². The molecule has 5 nitrogen and oxygen atoms in total. The van der Waals surface area contributed by atoms with Crippen LogP contribution in [0.5, 0.6) is 0 Å². The smallest absolute Gasteiger partial charge is 0.204 e. The molecule has 0 amide bonds. The lowest BCUT2D eigenvalue weighted by Crippen LogP contribution is -2.16. The number of nitrogens with zero attached hydrogens (tertiary/aromatic N) is 2. The van der Waals surface area contributed by atoms with Gasteiger partial charge in [-0.15, -0.1) is 11.3 Å². The molecule has 3 N–H and O–H groups in total. The van der Waals surface area contributed by atoms with Crippen molar-refractivity contribution >= 4 is 44.5 Å². The molecule has 0 radical (unpaired) electrons. The average molecular weight is 551 g/mol. The normalized spacial score (nSPS) is 17.7. The number of halogens is 2. The fourth-order valence-corrected chi connectivity index (χ4v) is 6.82. The van der Waals surface area contributed by atoms with E-state index in [1.54, 1.807) is 13.8 Å². The fraction of sp³-hybridized carbons (Fsp3) is 0.346. The van der Waals surface area contributed by atoms with Gasteiger partial charge >= 0.3 is 0 Å². The van der Waals surface area contributed by atoms with Crippen LogP contribution in [0.3, 0.4) is 0 Å². The van der Waals surface area contributed by atoms with Crippen LogP contribution in [0.1, 0.15) is 68.0 Å². The van der Waals surface area contributed by atoms with Gasteiger partial charge in [0.05, 0.1) is 26.2 Å². The van der Waals surface area contributed by atoms with Crippen molar-refractivity contribution in [1.82, 2.24) is 4.98 Å². The van der Waals surface area contributed by atoms with Crippen molar-refractivity contribution in [2.24, 2.45) is 9.50 Å². The quantitative estimate of drug-likeness (QED) is 0.347. The second-order valence-corrected chi connectivity index (χ2v) is 13.6. The van der Waals surface area contributed by atoms with E-state index in [9.17, 15) is 9.32 Å². The van der Waals surface area contributed by atoms with E-state index in [-0.39, 0.29) is 16.2 Å². The van der Waals surface area contributed by atoms with Crippen LogP contribution >= 0.6 is 34.5 Å². The number of thiazole rings is 1. The molecular weight excluding hydrogens is 521 g/mol. The molecule has 0 spiro atoms. The molecule has 0 fully saturated rings. The molecule has 1 heterocycles. The number of nitrogens with two attached hydrogens (primary N) is 1. The Bertz CT molecular complexity index is 1450. The Morgan fingerprint density at radius 1 is 1.20 bits per heavy atom. The molecule has 9 heteroatoms. The van der Waals surface area contributed by atoms with Crippen molar-refractivity contribution in [1.29, 1.82) is 0 Å². The molecule has 2 aromatic carbocycles. The first kappa shape index (κ1) is 26.3. The van der Waals surface area contributed by atoms with Gasteiger partial charge in [-0.1, -0.05) is 68.2 Å². The van der Waals surface area contributed by atoms with Crippen molar-refractivity contribution in [3.05, 3.63) is 79.9 Å². The molecule has 2 unspecified atom stereocenters. The molecule has 1 aromatic heterocycles. The summed E-state index contributed by atoms with van der Waals surface area (Å²) in [7, 11) is -3.24. The number of rotatable bonds is 5. The van der Waals surface area contributed by atoms with Gasteiger partial charge in [0.1, 0.15) is 0 Å². The highest BCUT2D eigenvalue weighted by Gasteiger charge is 2.26. The van der Waals surface area contributed by atoms with E-state index in [1.807, 2.05) is 24.3 Å². The topological polar surface area (TPSA) is 88.6 Å². The zero-order valence-electron chi connectivity index (χ0n) is 20.3. The summed E-state index contributed by atoms with van der Waals surface area (Å²) in [5.41, 5.74) is 5.28. The molecule has 35 heavy (non-hydrogen) atoms. The van der Waals surface area contributed by atoms with Crippen molar-refractivity contribution < 1.29 is 9.32 Å². The van der Waals surface area contributed by atoms with Crippen LogP contribution in [-0.4, -0.2) is 14.3 Å². The van der Waals surface area contributed by atoms with Gasteiger partial charge < -0.3 is 5.11 Å². The number of aliphatic hydroxyl groups is 1. The third-order valence-electron chi connectivity index (χ3n) is 6.08. The highest BCUT2D eigenvalue weighted by molar-refractivity contribution is 7.93. The summed E-state index contributed by atoms with van der Waals surface area (Å²) in [6.07, 6.45) is 4.06. The third kappa shape index (κ3) is 5.50. The number of allylic oxidation sites excluding steroid dienone is 2. The molecule has 1 aliphatic carbocycles. The number of benzene rings is 2. The minimum atomic E-state index is -3.24. The van der Waals surface area contributed by atoms with Gasteiger partial charge in [0.15, 0.2) is 9.92 Å². The van der Waals surface area contributed by atoms with Gasteiger partial charge in [-0.3, -0.25) is 0 Å². The highest BCUT2D eigenvalue weighted by atomic mass is 35.5. The first-order valence-corrected chi connectivity index (χ1v) is 14.5. The molecule has 4 rings (SSSR count). The summed E-state index contributed by atoms with van der Waals surface area (Å²) in [5.74, 6) is 0.324. The predicted octanol–water partition coefficient (Wildman–Crippen LogP) is 7.41. The number of fused-ring (bicyclic) bond motifs is 1. The van der Waals surface area contributed by atoms with Crippen molar-refractivity contribution in [3.8, 4) is 11.1 Å². The van der Waals surface area contributed by atoms with E-state index < -0.39 is 15.5 Å². The Balaban J connectivity index is 1.76. The monoisotopic (exact) mass is 549 g/mol. The average Bonchev–Trinajstić information content (AvgIpc) is 3.27. The zero-order valence-corrected chi connectivity index (χ0v) is 23.4. The van der Waals surface area contributed by atoms with E-state index in [2.05, 4.69) is 42.3 Å². The number of hydrogen-bond donors (Lipinski definition) is 2. The van der Waals surface area contributed by atoms with Crippen LogP contribution in [0.4, 0.5) is 0 Å². The molecule has 0 bridgehead atoms. The molecule has 3 aromatic rings. The largest absolute Gasteiger partial charge is 0.385 e. The van der Waals surface area contributed by atoms with E-state index in [0.29, 0.717) is 27.0 Å². The molecule has 0 aliphatic heterocycles. The lowest BCUT2D eigenvalue weighted by molar-refractivity contribution is 0.0823. The van der Waals surface area contributed by atoms with Gasteiger partial charge in [-0.2, -0.15) is 4.36 Å². The maximum atomic E-state index is 13.3. The first-order chi connectivity index (χ1) is 16.3. The summed E-state index contributed by atoms with van der Waals surface area (Å²) in [6, 6.07) is 10.1. The Hall–Kier alpha value is -1.74. The lowest BCUT2D eigenvalue weighted by atomic mass is 9.80. The van der Waals surface area contributed by atoms with E-state index in [4.69, 9.17) is 28.3 Å². The van der Waals surface area contributed by atoms with Crippen LogP contribution < -0.4 is 5.14 Å². The van der Waals surface area contributed by atoms with Crippen LogP contribution in [0.15, 0.2) is 57.0 Å². The molecule has 186 valence electrons. The standard InChI is InChI=1S/C26H29Cl2N3O2S2/c1-14(2)19-9-17(16-6-7-22(27)23(28)11-16)10-20-15(3)8-18(12-21(19)20)31-35(29,33)25-30-13-24(34-25)26(4,5)32/h6-11,13-15,32H,12H2,1-5H3,(H2,29,31,33). The van der Waals surface area contributed by atoms with Crippen molar-refractivity contribution in [3.63, 3.8) is 0 Å². The minimum Gasteiger partial charge on any atom is -0.385 e. The zero-order chi connectivity index (χ0) is 25.7. The lowest BCUT2D eigenvalue weighted by Gasteiger charge is -2.26. The van der Waals surface area contributed by atoms with E-state index >= 15 is 0 Å². The molecular formula is C26H29Cl2N3O2S2. The summed E-state index contributed by atoms with van der Waals surface area (Å²) in [5, 5.41) is 17.5. The number of aromatic nitrogens is 1. The Labute approximate surface area is 221 Å². The summed E-state index contributed by atoms with van der Waals surface area (Å²) >= 11 is 13.5. The molecule has 0 saturated carbocycles. The minimum absolute atomic E-state index is 0.0520. The molecule has 2 atom stereocenters. The van der Waals surface area contributed by atoms with Crippen LogP contribution in [0.25, 0.3) is 11.1 Å². The summed E-state index contributed by atoms with van der Waals surface area (Å²) in [6.45, 7) is 9.73. The van der Waals surface area contributed by atoms with Crippen LogP contribution in [0.2, 0.25) is 10.0 Å². The predicted molar refractivity (Wildman–Crippen MR) is 147 cm³/mol. The maximum Gasteiger partial charge on any atom is 0.204 e. The van der Waals surface area contributed by atoms with E-state index in [1.165, 1.54) is 22.9 Å². The number of hydrogen-bond acceptors (Lipinski definition) is 5. The van der Waals surface area contributed by atoms with Gasteiger partial charge in [-0.05, 0) is 59.7 Å². The SMILES string of the molecule is CC(C)c1cc(-c2ccc(Cl)c(Cl)c2)cc2c1CC(N=S(N)(=O)c1ncc(C(C)(C)O)s1)=CC2C. The second-order valence-electron chi connectivity index (χ2n) is 9.75. The Kier molecular flexibility index (Phi) is 7.23. The molecule has 1 aliphatic rings. The maximum absolute atomic E-state index is 13.3.